The quantitative estimate of drug-likeness (QED) is 0.656. The molecule has 16 heavy (non-hydrogen) atoms. The third-order valence-corrected chi connectivity index (χ3v) is 2.76. The molecule has 0 amide bonds. The van der Waals surface area contributed by atoms with Crippen molar-refractivity contribution in [2.24, 2.45) is 0 Å². The van der Waals surface area contributed by atoms with Gasteiger partial charge in [0.15, 0.2) is 0 Å². The van der Waals surface area contributed by atoms with Gasteiger partial charge in [-0.15, -0.1) is 0 Å². The van der Waals surface area contributed by atoms with Gasteiger partial charge in [0.1, 0.15) is 0 Å². The van der Waals surface area contributed by atoms with Crippen LogP contribution in [0.5, 0.6) is 0 Å². The van der Waals surface area contributed by atoms with Crippen molar-refractivity contribution in [2.75, 3.05) is 26.7 Å². The Morgan fingerprint density at radius 2 is 1.75 bits per heavy atom. The Labute approximate surface area is 102 Å². The highest BCUT2D eigenvalue weighted by Crippen LogP contribution is 2.00. The van der Waals surface area contributed by atoms with Crippen LogP contribution in [0, 0.1) is 0 Å². The van der Waals surface area contributed by atoms with Crippen LogP contribution in [0.2, 0.25) is 0 Å². The minimum Gasteiger partial charge on any atom is -0.377 e. The summed E-state index contributed by atoms with van der Waals surface area (Å²) in [6.45, 7) is 13.7. The summed E-state index contributed by atoms with van der Waals surface area (Å²) in [4.78, 5) is 2.37. The average Bonchev–Trinajstić information content (AvgIpc) is 2.16. The molecule has 0 aromatic heterocycles. The first-order chi connectivity index (χ1) is 7.43. The lowest BCUT2D eigenvalue weighted by molar-refractivity contribution is 0.0566. The maximum absolute atomic E-state index is 5.55. The Bertz CT molecular complexity index is 142. The molecule has 3 nitrogen and oxygen atoms in total. The van der Waals surface area contributed by atoms with E-state index < -0.39 is 0 Å². The summed E-state index contributed by atoms with van der Waals surface area (Å²) >= 11 is 0. The number of likely N-dealkylation sites (N-methyl/N-ethyl adjacent to an activating group) is 1. The van der Waals surface area contributed by atoms with Gasteiger partial charge in [-0.3, -0.25) is 0 Å². The molecule has 98 valence electrons. The van der Waals surface area contributed by atoms with Crippen molar-refractivity contribution < 1.29 is 4.74 Å². The van der Waals surface area contributed by atoms with E-state index in [0.29, 0.717) is 18.2 Å². The van der Waals surface area contributed by atoms with Crippen molar-refractivity contribution in [3.63, 3.8) is 0 Å². The number of hydrogen-bond donors (Lipinski definition) is 1. The van der Waals surface area contributed by atoms with Gasteiger partial charge in [0, 0.05) is 18.6 Å². The average molecular weight is 230 g/mol. The fraction of sp³-hybridized carbons (Fsp3) is 1.00. The molecule has 0 fully saturated rings. The van der Waals surface area contributed by atoms with Gasteiger partial charge in [0.2, 0.25) is 0 Å². The summed E-state index contributed by atoms with van der Waals surface area (Å²) in [6, 6.07) is 1.20. The third-order valence-electron chi connectivity index (χ3n) is 2.76. The van der Waals surface area contributed by atoms with Gasteiger partial charge in [-0.25, -0.2) is 0 Å². The van der Waals surface area contributed by atoms with Crippen LogP contribution in [0.15, 0.2) is 0 Å². The zero-order valence-electron chi connectivity index (χ0n) is 11.9. The lowest BCUT2D eigenvalue weighted by Crippen LogP contribution is -2.36. The molecule has 0 saturated carbocycles. The van der Waals surface area contributed by atoms with E-state index in [-0.39, 0.29) is 0 Å². The molecular formula is C13H30N2O. The molecule has 0 aromatic carbocycles. The molecule has 0 aliphatic heterocycles. The van der Waals surface area contributed by atoms with Crippen LogP contribution in [0.4, 0.5) is 0 Å². The van der Waals surface area contributed by atoms with Crippen molar-refractivity contribution in [3.05, 3.63) is 0 Å². The van der Waals surface area contributed by atoms with Crippen molar-refractivity contribution in [2.45, 2.75) is 59.2 Å². The van der Waals surface area contributed by atoms with Crippen molar-refractivity contribution in [1.82, 2.24) is 10.2 Å². The molecule has 0 aliphatic rings. The van der Waals surface area contributed by atoms with Gasteiger partial charge in [-0.2, -0.15) is 0 Å². The predicted molar refractivity (Wildman–Crippen MR) is 70.9 cm³/mol. The molecule has 0 aromatic rings. The Kier molecular flexibility index (Phi) is 8.90. The van der Waals surface area contributed by atoms with E-state index >= 15 is 0 Å². The van der Waals surface area contributed by atoms with Gasteiger partial charge >= 0.3 is 0 Å². The molecular weight excluding hydrogens is 200 g/mol. The number of rotatable bonds is 9. The Morgan fingerprint density at radius 1 is 1.12 bits per heavy atom. The second kappa shape index (κ2) is 8.97. The lowest BCUT2D eigenvalue weighted by Gasteiger charge is -2.25. The maximum Gasteiger partial charge on any atom is 0.0596 e. The summed E-state index contributed by atoms with van der Waals surface area (Å²) in [5, 5.41) is 3.45. The van der Waals surface area contributed by atoms with Crippen LogP contribution in [0.1, 0.15) is 41.0 Å². The standard InChI is InChI=1S/C13H30N2O/c1-11(2)14-8-7-13(5)15(6)9-10-16-12(3)4/h11-14H,7-10H2,1-6H3. The summed E-state index contributed by atoms with van der Waals surface area (Å²) in [7, 11) is 2.17. The number of nitrogens with zero attached hydrogens (tertiary/aromatic N) is 1. The Hall–Kier alpha value is -0.120. The molecule has 0 rings (SSSR count). The summed E-state index contributed by atoms with van der Waals surface area (Å²) in [6.07, 6.45) is 1.53. The SMILES string of the molecule is CC(C)NCCC(C)N(C)CCOC(C)C. The van der Waals surface area contributed by atoms with Crippen molar-refractivity contribution in [1.29, 1.82) is 0 Å². The first-order valence-corrected chi connectivity index (χ1v) is 6.48. The van der Waals surface area contributed by atoms with E-state index in [1.54, 1.807) is 0 Å². The van der Waals surface area contributed by atoms with Gasteiger partial charge in [-0.05, 0) is 40.8 Å². The van der Waals surface area contributed by atoms with Crippen LogP contribution in [0.25, 0.3) is 0 Å². The van der Waals surface area contributed by atoms with Gasteiger partial charge in [-0.1, -0.05) is 13.8 Å². The van der Waals surface area contributed by atoms with Crippen LogP contribution in [0.3, 0.4) is 0 Å². The fourth-order valence-corrected chi connectivity index (χ4v) is 1.45. The van der Waals surface area contributed by atoms with E-state index in [0.717, 1.165) is 19.7 Å². The van der Waals surface area contributed by atoms with Gasteiger partial charge in [0.05, 0.1) is 12.7 Å². The van der Waals surface area contributed by atoms with Gasteiger partial charge in [0.25, 0.3) is 0 Å². The highest BCUT2D eigenvalue weighted by molar-refractivity contribution is 4.65. The summed E-state index contributed by atoms with van der Waals surface area (Å²) in [5.74, 6) is 0. The van der Waals surface area contributed by atoms with E-state index in [1.807, 2.05) is 0 Å². The summed E-state index contributed by atoms with van der Waals surface area (Å²) < 4.78 is 5.55. The second-order valence-corrected chi connectivity index (χ2v) is 5.15. The van der Waals surface area contributed by atoms with E-state index in [4.69, 9.17) is 4.74 Å². The van der Waals surface area contributed by atoms with Crippen LogP contribution in [-0.2, 0) is 4.74 Å². The van der Waals surface area contributed by atoms with Gasteiger partial charge < -0.3 is 15.0 Å². The monoisotopic (exact) mass is 230 g/mol. The number of hydrogen-bond acceptors (Lipinski definition) is 3. The Morgan fingerprint density at radius 3 is 2.25 bits per heavy atom. The predicted octanol–water partition coefficient (Wildman–Crippen LogP) is 2.12. The molecule has 0 radical (unpaired) electrons. The van der Waals surface area contributed by atoms with E-state index in [1.165, 1.54) is 6.42 Å². The minimum atomic E-state index is 0.339. The molecule has 1 unspecified atom stereocenters. The second-order valence-electron chi connectivity index (χ2n) is 5.15. The van der Waals surface area contributed by atoms with E-state index in [9.17, 15) is 0 Å². The molecule has 3 heteroatoms. The number of ether oxygens (including phenoxy) is 1. The van der Waals surface area contributed by atoms with E-state index in [2.05, 4.69) is 51.9 Å². The first-order valence-electron chi connectivity index (χ1n) is 6.48. The molecule has 0 bridgehead atoms. The first kappa shape index (κ1) is 15.9. The molecule has 1 atom stereocenters. The van der Waals surface area contributed by atoms with Crippen molar-refractivity contribution >= 4 is 0 Å². The summed E-state index contributed by atoms with van der Waals surface area (Å²) in [5.41, 5.74) is 0. The fourth-order valence-electron chi connectivity index (χ4n) is 1.45. The highest BCUT2D eigenvalue weighted by Gasteiger charge is 2.08. The third kappa shape index (κ3) is 9.13. The van der Waals surface area contributed by atoms with Crippen LogP contribution in [-0.4, -0.2) is 49.8 Å². The molecule has 0 aliphatic carbocycles. The minimum absolute atomic E-state index is 0.339. The zero-order chi connectivity index (χ0) is 12.6. The van der Waals surface area contributed by atoms with Crippen LogP contribution >= 0.6 is 0 Å². The molecule has 0 saturated heterocycles. The largest absolute Gasteiger partial charge is 0.377 e. The maximum atomic E-state index is 5.55. The topological polar surface area (TPSA) is 24.5 Å². The molecule has 0 heterocycles. The molecule has 1 N–H and O–H groups in total. The van der Waals surface area contributed by atoms with Crippen LogP contribution < -0.4 is 5.32 Å². The molecule has 0 spiro atoms. The lowest BCUT2D eigenvalue weighted by atomic mass is 10.2. The van der Waals surface area contributed by atoms with Crippen molar-refractivity contribution in [3.8, 4) is 0 Å². The smallest absolute Gasteiger partial charge is 0.0596 e. The zero-order valence-corrected chi connectivity index (χ0v) is 11.9. The normalized spacial score (nSPS) is 14.1. The highest BCUT2D eigenvalue weighted by atomic mass is 16.5. The number of nitrogens with one attached hydrogen (secondary N) is 1. The Balaban J connectivity index is 3.52.